The van der Waals surface area contributed by atoms with Gasteiger partial charge in [0.05, 0.1) is 0 Å². The second-order valence-corrected chi connectivity index (χ2v) is 12.3. The highest BCUT2D eigenvalue weighted by Gasteiger charge is 2.47. The first-order valence-electron chi connectivity index (χ1n) is 13.7. The van der Waals surface area contributed by atoms with Gasteiger partial charge in [0, 0.05) is 14.7 Å². The summed E-state index contributed by atoms with van der Waals surface area (Å²) in [6, 6.07) is 24.0. The standard InChI is InChI=1S/C32H39F3O2S/c1-3-5-7-10-14-26-18-22-29(23-19-26)38(28-16-12-9-13-17-28,37-31(36)32(33,34)35)30-24-20-27(21-25-30)15-11-8-6-4-2/h9,12-13,16-25H,3-8,10-11,14-15H2,1-2H3. The molecule has 38 heavy (non-hydrogen) atoms. The summed E-state index contributed by atoms with van der Waals surface area (Å²) in [5.41, 5.74) is 2.24. The Morgan fingerprint density at radius 1 is 0.632 bits per heavy atom. The Balaban J connectivity index is 2.05. The Hall–Kier alpha value is -2.73. The van der Waals surface area contributed by atoms with Crippen LogP contribution in [0.15, 0.2) is 93.5 Å². The van der Waals surface area contributed by atoms with Gasteiger partial charge in [-0.1, -0.05) is 94.8 Å². The number of benzene rings is 3. The lowest BCUT2D eigenvalue weighted by atomic mass is 10.1. The highest BCUT2D eigenvalue weighted by atomic mass is 32.3. The van der Waals surface area contributed by atoms with Crippen LogP contribution in [-0.2, 0) is 21.8 Å². The molecule has 0 radical (unpaired) electrons. The zero-order chi connectivity index (χ0) is 27.4. The van der Waals surface area contributed by atoms with E-state index in [1.165, 1.54) is 12.8 Å². The molecule has 0 fully saturated rings. The first-order valence-corrected chi connectivity index (χ1v) is 15.2. The van der Waals surface area contributed by atoms with E-state index in [0.717, 1.165) is 62.5 Å². The monoisotopic (exact) mass is 544 g/mol. The summed E-state index contributed by atoms with van der Waals surface area (Å²) in [4.78, 5) is 14.1. The SMILES string of the molecule is CCCCCCc1ccc(S(OC(=O)C(F)(F)F)(c2ccccc2)c2ccc(CCCCCC)cc2)cc1. The lowest BCUT2D eigenvalue weighted by Gasteiger charge is -2.40. The van der Waals surface area contributed by atoms with Crippen LogP contribution in [0.4, 0.5) is 13.2 Å². The molecule has 0 unspecified atom stereocenters. The third kappa shape index (κ3) is 7.89. The number of halogens is 3. The largest absolute Gasteiger partial charge is 0.491 e. The van der Waals surface area contributed by atoms with Gasteiger partial charge < -0.3 is 4.18 Å². The molecule has 3 rings (SSSR count). The van der Waals surface area contributed by atoms with E-state index in [-0.39, 0.29) is 0 Å². The number of aryl methyl sites for hydroxylation is 2. The molecule has 6 heteroatoms. The van der Waals surface area contributed by atoms with Crippen molar-refractivity contribution in [2.75, 3.05) is 0 Å². The number of rotatable bonds is 14. The van der Waals surface area contributed by atoms with Crippen molar-refractivity contribution in [2.24, 2.45) is 0 Å². The van der Waals surface area contributed by atoms with E-state index in [4.69, 9.17) is 4.18 Å². The van der Waals surface area contributed by atoms with Crippen LogP contribution in [-0.4, -0.2) is 12.1 Å². The molecule has 0 aromatic heterocycles. The van der Waals surface area contributed by atoms with Gasteiger partial charge in [-0.3, -0.25) is 0 Å². The predicted octanol–water partition coefficient (Wildman–Crippen LogP) is 10.2. The number of unbranched alkanes of at least 4 members (excludes halogenated alkanes) is 6. The van der Waals surface area contributed by atoms with E-state index >= 15 is 0 Å². The summed E-state index contributed by atoms with van der Waals surface area (Å²) in [7, 11) is -2.98. The first-order chi connectivity index (χ1) is 18.3. The van der Waals surface area contributed by atoms with Gasteiger partial charge >= 0.3 is 12.1 Å². The number of hydrogen-bond acceptors (Lipinski definition) is 2. The van der Waals surface area contributed by atoms with E-state index in [1.807, 2.05) is 48.5 Å². The van der Waals surface area contributed by atoms with E-state index in [1.54, 1.807) is 30.3 Å². The summed E-state index contributed by atoms with van der Waals surface area (Å²) in [6.45, 7) is 4.34. The van der Waals surface area contributed by atoms with E-state index in [0.29, 0.717) is 14.7 Å². The number of carbonyl (C=O) groups is 1. The van der Waals surface area contributed by atoms with Gasteiger partial charge in [0.2, 0.25) is 0 Å². The molecular formula is C32H39F3O2S. The van der Waals surface area contributed by atoms with Gasteiger partial charge in [0.25, 0.3) is 0 Å². The molecule has 0 amide bonds. The molecule has 3 aromatic carbocycles. The summed E-state index contributed by atoms with van der Waals surface area (Å²) < 4.78 is 46.4. The van der Waals surface area contributed by atoms with Gasteiger partial charge in [-0.15, -0.1) is 0 Å². The van der Waals surface area contributed by atoms with Crippen molar-refractivity contribution in [3.63, 3.8) is 0 Å². The molecule has 0 heterocycles. The van der Waals surface area contributed by atoms with E-state index in [9.17, 15) is 18.0 Å². The molecule has 0 aliphatic heterocycles. The third-order valence-corrected chi connectivity index (χ3v) is 9.87. The molecule has 0 saturated carbocycles. The first kappa shape index (κ1) is 29.8. The Labute approximate surface area is 227 Å². The van der Waals surface area contributed by atoms with Gasteiger partial charge in [0.1, 0.15) is 0 Å². The average Bonchev–Trinajstić information content (AvgIpc) is 2.93. The fourth-order valence-electron chi connectivity index (χ4n) is 4.53. The predicted molar refractivity (Wildman–Crippen MR) is 150 cm³/mol. The Morgan fingerprint density at radius 2 is 1.05 bits per heavy atom. The smallest absolute Gasteiger partial charge is 0.395 e. The fourth-order valence-corrected chi connectivity index (χ4v) is 7.54. The van der Waals surface area contributed by atoms with Gasteiger partial charge in [0.15, 0.2) is 0 Å². The van der Waals surface area contributed by atoms with Crippen LogP contribution in [0, 0.1) is 0 Å². The minimum absolute atomic E-state index is 0.545. The highest BCUT2D eigenvalue weighted by Crippen LogP contribution is 2.69. The lowest BCUT2D eigenvalue weighted by Crippen LogP contribution is -2.27. The zero-order valence-corrected chi connectivity index (χ0v) is 23.3. The quantitative estimate of drug-likeness (QED) is 0.189. The number of carbonyl (C=O) groups excluding carboxylic acids is 1. The summed E-state index contributed by atoms with van der Waals surface area (Å²) in [5.74, 6) is -2.18. The summed E-state index contributed by atoms with van der Waals surface area (Å²) in [6.07, 6.45) is 5.80. The second kappa shape index (κ2) is 14.4. The molecular weight excluding hydrogens is 505 g/mol. The van der Waals surface area contributed by atoms with Gasteiger partial charge in [-0.25, -0.2) is 4.79 Å². The van der Waals surface area contributed by atoms with Crippen molar-refractivity contribution in [3.8, 4) is 0 Å². The van der Waals surface area contributed by atoms with Crippen LogP contribution in [0.5, 0.6) is 0 Å². The molecule has 0 atom stereocenters. The summed E-state index contributed by atoms with van der Waals surface area (Å²) >= 11 is 0. The number of alkyl halides is 3. The minimum atomic E-state index is -5.11. The molecule has 0 bridgehead atoms. The third-order valence-electron chi connectivity index (χ3n) is 6.66. The second-order valence-electron chi connectivity index (χ2n) is 9.65. The normalized spacial score (nSPS) is 12.3. The van der Waals surface area contributed by atoms with Crippen LogP contribution >= 0.6 is 10.3 Å². The van der Waals surface area contributed by atoms with Crippen molar-refractivity contribution >= 4 is 16.3 Å². The maximum Gasteiger partial charge on any atom is 0.491 e. The maximum atomic E-state index is 13.6. The Bertz CT molecular complexity index is 1050. The van der Waals surface area contributed by atoms with Crippen molar-refractivity contribution in [2.45, 2.75) is 98.9 Å². The molecule has 2 nitrogen and oxygen atoms in total. The average molecular weight is 545 g/mol. The molecule has 3 aromatic rings. The highest BCUT2D eigenvalue weighted by molar-refractivity contribution is 8.30. The lowest BCUT2D eigenvalue weighted by molar-refractivity contribution is -0.188. The van der Waals surface area contributed by atoms with Crippen LogP contribution < -0.4 is 0 Å². The van der Waals surface area contributed by atoms with E-state index in [2.05, 4.69) is 13.8 Å². The summed E-state index contributed by atoms with van der Waals surface area (Å²) in [5, 5.41) is 0. The van der Waals surface area contributed by atoms with Crippen molar-refractivity contribution in [1.29, 1.82) is 0 Å². The Morgan fingerprint density at radius 3 is 1.45 bits per heavy atom. The van der Waals surface area contributed by atoms with Crippen molar-refractivity contribution in [3.05, 3.63) is 90.0 Å². The minimum Gasteiger partial charge on any atom is -0.395 e. The molecule has 0 saturated heterocycles. The van der Waals surface area contributed by atoms with Crippen LogP contribution in [0.25, 0.3) is 0 Å². The molecule has 0 aliphatic rings. The molecule has 0 spiro atoms. The molecule has 206 valence electrons. The molecule has 0 N–H and O–H groups in total. The zero-order valence-electron chi connectivity index (χ0n) is 22.4. The topological polar surface area (TPSA) is 26.3 Å². The fraction of sp³-hybridized carbons (Fsp3) is 0.406. The Kier molecular flexibility index (Phi) is 11.3. The van der Waals surface area contributed by atoms with Crippen LogP contribution in [0.2, 0.25) is 0 Å². The molecule has 0 aliphatic carbocycles. The number of hydrogen-bond donors (Lipinski definition) is 0. The van der Waals surface area contributed by atoms with Crippen molar-refractivity contribution in [1.82, 2.24) is 0 Å². The van der Waals surface area contributed by atoms with E-state index < -0.39 is 22.5 Å². The maximum absolute atomic E-state index is 13.6. The van der Waals surface area contributed by atoms with Gasteiger partial charge in [-0.05, 0) is 83.5 Å². The van der Waals surface area contributed by atoms with Crippen LogP contribution in [0.3, 0.4) is 0 Å². The van der Waals surface area contributed by atoms with Crippen molar-refractivity contribution < 1.29 is 22.1 Å². The van der Waals surface area contributed by atoms with Crippen LogP contribution in [0.1, 0.15) is 76.3 Å². The van der Waals surface area contributed by atoms with Gasteiger partial charge in [-0.2, -0.15) is 13.2 Å².